The predicted octanol–water partition coefficient (Wildman–Crippen LogP) is 0.395. The zero-order valence-corrected chi connectivity index (χ0v) is 7.79. The minimum atomic E-state index is -1.30. The molecule has 0 N–H and O–H groups in total. The molecule has 0 saturated carbocycles. The molecule has 0 aliphatic heterocycles. The highest BCUT2D eigenvalue weighted by Crippen LogP contribution is 2.07. The van der Waals surface area contributed by atoms with E-state index in [0.29, 0.717) is 0 Å². The average molecular weight is 185 g/mol. The summed E-state index contributed by atoms with van der Waals surface area (Å²) < 4.78 is 8.90. The molecular formula is C8H11NO4. The van der Waals surface area contributed by atoms with Gasteiger partial charge in [0.15, 0.2) is 5.60 Å². The monoisotopic (exact) mass is 185 g/mol. The van der Waals surface area contributed by atoms with E-state index >= 15 is 0 Å². The fourth-order valence-corrected chi connectivity index (χ4v) is 0.486. The lowest BCUT2D eigenvalue weighted by Gasteiger charge is -2.15. The average Bonchev–Trinajstić information content (AvgIpc) is 2.04. The van der Waals surface area contributed by atoms with Gasteiger partial charge in [-0.3, -0.25) is 0 Å². The van der Waals surface area contributed by atoms with Crippen molar-refractivity contribution >= 4 is 11.9 Å². The van der Waals surface area contributed by atoms with Crippen molar-refractivity contribution in [2.24, 2.45) is 0 Å². The first-order chi connectivity index (χ1) is 5.93. The number of esters is 2. The quantitative estimate of drug-likeness (QED) is 0.459. The molecule has 5 heteroatoms. The van der Waals surface area contributed by atoms with Gasteiger partial charge in [0.05, 0.1) is 6.61 Å². The van der Waals surface area contributed by atoms with Crippen LogP contribution in [-0.4, -0.2) is 24.1 Å². The van der Waals surface area contributed by atoms with Crippen molar-refractivity contribution in [1.29, 1.82) is 5.26 Å². The lowest BCUT2D eigenvalue weighted by Crippen LogP contribution is -2.31. The van der Waals surface area contributed by atoms with Crippen LogP contribution in [-0.2, 0) is 19.1 Å². The Labute approximate surface area is 76.2 Å². The third-order valence-corrected chi connectivity index (χ3v) is 1.06. The van der Waals surface area contributed by atoms with Gasteiger partial charge < -0.3 is 9.47 Å². The Bertz CT molecular complexity index is 251. The van der Waals surface area contributed by atoms with E-state index in [4.69, 9.17) is 5.26 Å². The van der Waals surface area contributed by atoms with Crippen LogP contribution in [0.2, 0.25) is 0 Å². The van der Waals surface area contributed by atoms with E-state index in [9.17, 15) is 9.59 Å². The molecule has 0 aliphatic carbocycles. The van der Waals surface area contributed by atoms with E-state index in [0.717, 1.165) is 0 Å². The van der Waals surface area contributed by atoms with E-state index in [2.05, 4.69) is 9.47 Å². The molecule has 0 saturated heterocycles. The number of rotatable bonds is 2. The summed E-state index contributed by atoms with van der Waals surface area (Å²) in [6, 6.07) is 1.72. The molecule has 0 atom stereocenters. The summed E-state index contributed by atoms with van der Waals surface area (Å²) in [5, 5.41) is 8.48. The number of nitriles is 1. The second kappa shape index (κ2) is 4.45. The van der Waals surface area contributed by atoms with Crippen LogP contribution in [0, 0.1) is 11.3 Å². The van der Waals surface area contributed by atoms with Gasteiger partial charge in [0, 0.05) is 0 Å². The van der Waals surface area contributed by atoms with Gasteiger partial charge in [-0.1, -0.05) is 0 Å². The van der Waals surface area contributed by atoms with Crippen LogP contribution >= 0.6 is 0 Å². The maximum Gasteiger partial charge on any atom is 0.419 e. The SMILES string of the molecule is CCOC(=O)C(=O)OC(C)(C)C#N. The fourth-order valence-electron chi connectivity index (χ4n) is 0.486. The molecule has 5 nitrogen and oxygen atoms in total. The van der Waals surface area contributed by atoms with Crippen LogP contribution < -0.4 is 0 Å². The second-order valence-electron chi connectivity index (χ2n) is 2.73. The van der Waals surface area contributed by atoms with Crippen LogP contribution in [0.4, 0.5) is 0 Å². The fraction of sp³-hybridized carbons (Fsp3) is 0.625. The van der Waals surface area contributed by atoms with Crippen molar-refractivity contribution in [1.82, 2.24) is 0 Å². The third kappa shape index (κ3) is 4.11. The molecular weight excluding hydrogens is 174 g/mol. The molecule has 0 heterocycles. The summed E-state index contributed by atoms with van der Waals surface area (Å²) >= 11 is 0. The summed E-state index contributed by atoms with van der Waals surface area (Å²) in [4.78, 5) is 21.6. The molecule has 0 fully saturated rings. The number of hydrogen-bond acceptors (Lipinski definition) is 5. The van der Waals surface area contributed by atoms with Gasteiger partial charge in [0.25, 0.3) is 0 Å². The van der Waals surface area contributed by atoms with Crippen LogP contribution in [0.5, 0.6) is 0 Å². The number of carbonyl (C=O) groups is 2. The van der Waals surface area contributed by atoms with Crippen molar-refractivity contribution in [2.45, 2.75) is 26.4 Å². The summed E-state index contributed by atoms with van der Waals surface area (Å²) in [6.45, 7) is 4.43. The molecule has 0 aromatic rings. The molecule has 0 rings (SSSR count). The van der Waals surface area contributed by atoms with Gasteiger partial charge in [-0.25, -0.2) is 9.59 Å². The molecule has 13 heavy (non-hydrogen) atoms. The van der Waals surface area contributed by atoms with Crippen molar-refractivity contribution < 1.29 is 19.1 Å². The minimum absolute atomic E-state index is 0.0981. The molecule has 0 bridgehead atoms. The highest BCUT2D eigenvalue weighted by atomic mass is 16.6. The Hall–Kier alpha value is -1.57. The van der Waals surface area contributed by atoms with E-state index in [1.54, 1.807) is 13.0 Å². The molecule has 0 aromatic heterocycles. The van der Waals surface area contributed by atoms with Gasteiger partial charge in [0.2, 0.25) is 0 Å². The van der Waals surface area contributed by atoms with Crippen LogP contribution in [0.25, 0.3) is 0 Å². The molecule has 0 unspecified atom stereocenters. The zero-order valence-electron chi connectivity index (χ0n) is 7.79. The Morgan fingerprint density at radius 3 is 2.31 bits per heavy atom. The summed E-state index contributed by atoms with van der Waals surface area (Å²) in [7, 11) is 0. The molecule has 0 spiro atoms. The van der Waals surface area contributed by atoms with E-state index in [1.165, 1.54) is 13.8 Å². The standard InChI is InChI=1S/C8H11NO4/c1-4-12-6(10)7(11)13-8(2,3)5-9/h4H2,1-3H3. The van der Waals surface area contributed by atoms with Gasteiger partial charge >= 0.3 is 11.9 Å². The van der Waals surface area contributed by atoms with Crippen LogP contribution in [0.15, 0.2) is 0 Å². The topological polar surface area (TPSA) is 76.4 Å². The van der Waals surface area contributed by atoms with Crippen molar-refractivity contribution in [3.8, 4) is 6.07 Å². The number of hydrogen-bond donors (Lipinski definition) is 0. The second-order valence-corrected chi connectivity index (χ2v) is 2.73. The maximum absolute atomic E-state index is 10.9. The van der Waals surface area contributed by atoms with Gasteiger partial charge in [-0.2, -0.15) is 5.26 Å². The lowest BCUT2D eigenvalue weighted by atomic mass is 10.2. The van der Waals surface area contributed by atoms with Crippen molar-refractivity contribution in [3.63, 3.8) is 0 Å². The number of nitrogens with zero attached hydrogens (tertiary/aromatic N) is 1. The van der Waals surface area contributed by atoms with E-state index < -0.39 is 17.5 Å². The Balaban J connectivity index is 4.17. The Morgan fingerprint density at radius 2 is 1.92 bits per heavy atom. The number of ether oxygens (including phenoxy) is 2. The normalized spacial score (nSPS) is 10.0. The molecule has 72 valence electrons. The lowest BCUT2D eigenvalue weighted by molar-refractivity contribution is -0.172. The highest BCUT2D eigenvalue weighted by Gasteiger charge is 2.27. The minimum Gasteiger partial charge on any atom is -0.458 e. The smallest absolute Gasteiger partial charge is 0.419 e. The molecule has 0 aliphatic rings. The molecule has 0 radical (unpaired) electrons. The molecule has 0 aromatic carbocycles. The van der Waals surface area contributed by atoms with Crippen LogP contribution in [0.1, 0.15) is 20.8 Å². The van der Waals surface area contributed by atoms with Gasteiger partial charge in [0.1, 0.15) is 6.07 Å². The Kier molecular flexibility index (Phi) is 3.92. The van der Waals surface area contributed by atoms with E-state index in [1.807, 2.05) is 0 Å². The summed E-state index contributed by atoms with van der Waals surface area (Å²) in [5.74, 6) is -2.22. The van der Waals surface area contributed by atoms with Gasteiger partial charge in [-0.05, 0) is 20.8 Å². The Morgan fingerprint density at radius 1 is 1.38 bits per heavy atom. The van der Waals surface area contributed by atoms with Crippen molar-refractivity contribution in [2.75, 3.05) is 6.61 Å². The molecule has 0 amide bonds. The highest BCUT2D eigenvalue weighted by molar-refractivity contribution is 6.29. The van der Waals surface area contributed by atoms with Gasteiger partial charge in [-0.15, -0.1) is 0 Å². The summed E-state index contributed by atoms with van der Waals surface area (Å²) in [5.41, 5.74) is -1.30. The first kappa shape index (κ1) is 11.4. The van der Waals surface area contributed by atoms with Crippen LogP contribution in [0.3, 0.4) is 0 Å². The third-order valence-electron chi connectivity index (χ3n) is 1.06. The number of carbonyl (C=O) groups excluding carboxylic acids is 2. The predicted molar refractivity (Wildman–Crippen MR) is 42.4 cm³/mol. The summed E-state index contributed by atoms with van der Waals surface area (Å²) in [6.07, 6.45) is 0. The van der Waals surface area contributed by atoms with E-state index in [-0.39, 0.29) is 6.61 Å². The largest absolute Gasteiger partial charge is 0.458 e. The zero-order chi connectivity index (χ0) is 10.5. The van der Waals surface area contributed by atoms with Crippen molar-refractivity contribution in [3.05, 3.63) is 0 Å². The first-order valence-corrected chi connectivity index (χ1v) is 3.74. The maximum atomic E-state index is 10.9. The first-order valence-electron chi connectivity index (χ1n) is 3.74.